The number of Topliss-reactive ketones (excluding diaryl/α,β-unsaturated/α-hetero) is 1. The van der Waals surface area contributed by atoms with Crippen LogP contribution in [0.1, 0.15) is 39.5 Å². The molecule has 0 atom stereocenters. The summed E-state index contributed by atoms with van der Waals surface area (Å²) in [4.78, 5) is 21.6. The van der Waals surface area contributed by atoms with Gasteiger partial charge in [0, 0.05) is 12.8 Å². The number of rotatable bonds is 1. The van der Waals surface area contributed by atoms with E-state index in [1.165, 1.54) is 6.07 Å². The van der Waals surface area contributed by atoms with Crippen molar-refractivity contribution in [3.05, 3.63) is 23.2 Å². The molecule has 0 N–H and O–H groups in total. The number of hydrogen-bond donors (Lipinski definition) is 0. The minimum Gasteiger partial charge on any atom is -0.458 e. The topological polar surface area (TPSA) is 47.3 Å². The summed E-state index contributed by atoms with van der Waals surface area (Å²) < 4.78 is 5.14. The van der Waals surface area contributed by atoms with E-state index in [-0.39, 0.29) is 11.5 Å². The fourth-order valence-electron chi connectivity index (χ4n) is 1.47. The van der Waals surface area contributed by atoms with Crippen molar-refractivity contribution < 1.29 is 14.0 Å². The molecule has 0 saturated heterocycles. The molecule has 0 aromatic carbocycles. The van der Waals surface area contributed by atoms with Gasteiger partial charge in [0.15, 0.2) is 17.8 Å². The van der Waals surface area contributed by atoms with E-state index in [0.29, 0.717) is 24.0 Å². The highest BCUT2D eigenvalue weighted by molar-refractivity contribution is 5.99. The van der Waals surface area contributed by atoms with Crippen molar-refractivity contribution in [2.75, 3.05) is 0 Å². The Balaban J connectivity index is 2.50. The Morgan fingerprint density at radius 1 is 1.42 bits per heavy atom. The molecule has 3 heteroatoms. The predicted octanol–water partition coefficient (Wildman–Crippen LogP) is 1.61. The molecule has 0 radical (unpaired) electrons. The van der Waals surface area contributed by atoms with E-state index in [2.05, 4.69) is 0 Å². The van der Waals surface area contributed by atoms with Crippen molar-refractivity contribution in [3.63, 3.8) is 0 Å². The summed E-state index contributed by atoms with van der Waals surface area (Å²) >= 11 is 0. The first-order valence-corrected chi connectivity index (χ1v) is 3.92. The molecule has 0 fully saturated rings. The van der Waals surface area contributed by atoms with Crippen molar-refractivity contribution >= 4 is 12.1 Å². The standard InChI is InChI=1S/C9H8O3/c10-5-6-4-7-8(11)2-1-3-9(7)12-6/h4-5H,1-3H2. The molecule has 1 aromatic heterocycles. The molecule has 3 nitrogen and oxygen atoms in total. The van der Waals surface area contributed by atoms with E-state index in [4.69, 9.17) is 4.42 Å². The van der Waals surface area contributed by atoms with Crippen molar-refractivity contribution in [2.45, 2.75) is 19.3 Å². The second kappa shape index (κ2) is 2.59. The number of carbonyl (C=O) groups excluding carboxylic acids is 2. The normalized spacial score (nSPS) is 15.8. The first kappa shape index (κ1) is 7.28. The van der Waals surface area contributed by atoms with Crippen molar-refractivity contribution in [1.82, 2.24) is 0 Å². The largest absolute Gasteiger partial charge is 0.458 e. The van der Waals surface area contributed by atoms with Gasteiger partial charge in [0.05, 0.1) is 5.56 Å². The zero-order valence-corrected chi connectivity index (χ0v) is 6.50. The summed E-state index contributed by atoms with van der Waals surface area (Å²) in [5.74, 6) is 1.02. The molecule has 12 heavy (non-hydrogen) atoms. The fourth-order valence-corrected chi connectivity index (χ4v) is 1.47. The van der Waals surface area contributed by atoms with Crippen LogP contribution in [0.2, 0.25) is 0 Å². The molecule has 0 amide bonds. The van der Waals surface area contributed by atoms with E-state index in [9.17, 15) is 9.59 Å². The lowest BCUT2D eigenvalue weighted by Gasteiger charge is -2.06. The maximum atomic E-state index is 11.2. The van der Waals surface area contributed by atoms with Crippen LogP contribution < -0.4 is 0 Å². The Labute approximate surface area is 69.4 Å². The second-order valence-electron chi connectivity index (χ2n) is 2.88. The van der Waals surface area contributed by atoms with Gasteiger partial charge in [-0.3, -0.25) is 9.59 Å². The first-order chi connectivity index (χ1) is 5.81. The number of carbonyl (C=O) groups is 2. The van der Waals surface area contributed by atoms with Crippen LogP contribution in [-0.4, -0.2) is 12.1 Å². The van der Waals surface area contributed by atoms with Crippen LogP contribution in [0.25, 0.3) is 0 Å². The SMILES string of the molecule is O=Cc1cc2c(o1)CCCC2=O. The average molecular weight is 164 g/mol. The lowest BCUT2D eigenvalue weighted by molar-refractivity contribution is 0.0968. The third-order valence-electron chi connectivity index (χ3n) is 2.05. The summed E-state index contributed by atoms with van der Waals surface area (Å²) in [5.41, 5.74) is 0.600. The molecule has 0 spiro atoms. The van der Waals surface area contributed by atoms with Gasteiger partial charge in [-0.05, 0) is 12.5 Å². The summed E-state index contributed by atoms with van der Waals surface area (Å²) in [7, 11) is 0. The molecule has 62 valence electrons. The molecule has 0 saturated carbocycles. The van der Waals surface area contributed by atoms with E-state index < -0.39 is 0 Å². The van der Waals surface area contributed by atoms with Gasteiger partial charge in [0.25, 0.3) is 0 Å². The molecular weight excluding hydrogens is 156 g/mol. The second-order valence-corrected chi connectivity index (χ2v) is 2.88. The molecule has 1 aliphatic carbocycles. The van der Waals surface area contributed by atoms with Gasteiger partial charge in [0.2, 0.25) is 0 Å². The van der Waals surface area contributed by atoms with Crippen LogP contribution in [0.5, 0.6) is 0 Å². The average Bonchev–Trinajstić information content (AvgIpc) is 2.49. The minimum atomic E-state index is 0.0908. The van der Waals surface area contributed by atoms with Crippen molar-refractivity contribution in [2.24, 2.45) is 0 Å². The van der Waals surface area contributed by atoms with Crippen molar-refractivity contribution in [3.8, 4) is 0 Å². The summed E-state index contributed by atoms with van der Waals surface area (Å²) in [6, 6.07) is 1.53. The fraction of sp³-hybridized carbons (Fsp3) is 0.333. The molecule has 2 rings (SSSR count). The quantitative estimate of drug-likeness (QED) is 0.592. The highest BCUT2D eigenvalue weighted by atomic mass is 16.3. The van der Waals surface area contributed by atoms with E-state index in [1.54, 1.807) is 0 Å². The van der Waals surface area contributed by atoms with Crippen LogP contribution in [0.15, 0.2) is 10.5 Å². The lowest BCUT2D eigenvalue weighted by Crippen LogP contribution is -2.07. The Kier molecular flexibility index (Phi) is 1.57. The summed E-state index contributed by atoms with van der Waals surface area (Å²) in [5, 5.41) is 0. The number of aldehydes is 1. The number of hydrogen-bond acceptors (Lipinski definition) is 3. The molecule has 0 bridgehead atoms. The maximum absolute atomic E-state index is 11.2. The first-order valence-electron chi connectivity index (χ1n) is 3.92. The number of furan rings is 1. The molecule has 1 aliphatic rings. The third-order valence-corrected chi connectivity index (χ3v) is 2.05. The lowest BCUT2D eigenvalue weighted by atomic mass is 9.97. The predicted molar refractivity (Wildman–Crippen MR) is 41.4 cm³/mol. The summed E-state index contributed by atoms with van der Waals surface area (Å²) in [6.07, 6.45) is 2.81. The van der Waals surface area contributed by atoms with Crippen LogP contribution in [0.3, 0.4) is 0 Å². The van der Waals surface area contributed by atoms with E-state index >= 15 is 0 Å². The van der Waals surface area contributed by atoms with Gasteiger partial charge in [-0.1, -0.05) is 0 Å². The molecule has 1 heterocycles. The highest BCUT2D eigenvalue weighted by Crippen LogP contribution is 2.23. The zero-order chi connectivity index (χ0) is 8.55. The monoisotopic (exact) mass is 164 g/mol. The van der Waals surface area contributed by atoms with Gasteiger partial charge >= 0.3 is 0 Å². The minimum absolute atomic E-state index is 0.0908. The number of aryl methyl sites for hydroxylation is 1. The molecule has 1 aromatic rings. The smallest absolute Gasteiger partial charge is 0.185 e. The van der Waals surface area contributed by atoms with Crippen LogP contribution in [0, 0.1) is 0 Å². The van der Waals surface area contributed by atoms with Gasteiger partial charge in [-0.25, -0.2) is 0 Å². The summed E-state index contributed by atoms with van der Waals surface area (Å²) in [6.45, 7) is 0. The highest BCUT2D eigenvalue weighted by Gasteiger charge is 2.21. The molecule has 0 aliphatic heterocycles. The maximum Gasteiger partial charge on any atom is 0.185 e. The Morgan fingerprint density at radius 3 is 2.92 bits per heavy atom. The van der Waals surface area contributed by atoms with Crippen molar-refractivity contribution in [1.29, 1.82) is 0 Å². The molecular formula is C9H8O3. The van der Waals surface area contributed by atoms with Gasteiger partial charge in [-0.15, -0.1) is 0 Å². The van der Waals surface area contributed by atoms with Gasteiger partial charge in [-0.2, -0.15) is 0 Å². The Bertz CT molecular complexity index is 336. The Hall–Kier alpha value is -1.38. The van der Waals surface area contributed by atoms with Crippen LogP contribution in [0.4, 0.5) is 0 Å². The van der Waals surface area contributed by atoms with E-state index in [0.717, 1.165) is 12.8 Å². The van der Waals surface area contributed by atoms with E-state index in [1.807, 2.05) is 0 Å². The number of fused-ring (bicyclic) bond motifs is 1. The van der Waals surface area contributed by atoms with Crippen LogP contribution >= 0.6 is 0 Å². The zero-order valence-electron chi connectivity index (χ0n) is 6.50. The molecule has 0 unspecified atom stereocenters. The van der Waals surface area contributed by atoms with Gasteiger partial charge < -0.3 is 4.42 Å². The third kappa shape index (κ3) is 0.978. The van der Waals surface area contributed by atoms with Crippen LogP contribution in [-0.2, 0) is 6.42 Å². The Morgan fingerprint density at radius 2 is 2.25 bits per heavy atom. The number of ketones is 1. The van der Waals surface area contributed by atoms with Gasteiger partial charge in [0.1, 0.15) is 5.76 Å².